The van der Waals surface area contributed by atoms with Crippen LogP contribution >= 0.6 is 0 Å². The van der Waals surface area contributed by atoms with Crippen LogP contribution in [0.25, 0.3) is 5.70 Å². The van der Waals surface area contributed by atoms with Crippen molar-refractivity contribution in [2.45, 2.75) is 6.92 Å². The van der Waals surface area contributed by atoms with E-state index in [4.69, 9.17) is 5.73 Å². The third kappa shape index (κ3) is 0.910. The van der Waals surface area contributed by atoms with Crippen LogP contribution in [0.3, 0.4) is 0 Å². The Morgan fingerprint density at radius 2 is 2.33 bits per heavy atom. The molecule has 0 saturated carbocycles. The maximum atomic E-state index is 5.30. The minimum atomic E-state index is 0.383. The SMILES string of the molecule is C=C(N)c1nonc1C. The Morgan fingerprint density at radius 3 is 2.56 bits per heavy atom. The summed E-state index contributed by atoms with van der Waals surface area (Å²) in [5.74, 6) is 0. The molecular formula is C5H7N3O. The van der Waals surface area contributed by atoms with Crippen LogP contribution in [0.15, 0.2) is 11.2 Å². The van der Waals surface area contributed by atoms with Crippen molar-refractivity contribution in [2.75, 3.05) is 0 Å². The van der Waals surface area contributed by atoms with Gasteiger partial charge in [0.1, 0.15) is 5.69 Å². The number of nitrogens with two attached hydrogens (primary N) is 1. The van der Waals surface area contributed by atoms with Crippen LogP contribution in [0.4, 0.5) is 0 Å². The van der Waals surface area contributed by atoms with E-state index in [1.165, 1.54) is 0 Å². The van der Waals surface area contributed by atoms with Gasteiger partial charge in [0.15, 0.2) is 5.69 Å². The summed E-state index contributed by atoms with van der Waals surface area (Å²) in [5, 5.41) is 7.02. The molecule has 1 heterocycles. The van der Waals surface area contributed by atoms with Gasteiger partial charge in [-0.1, -0.05) is 11.7 Å². The van der Waals surface area contributed by atoms with Crippen molar-refractivity contribution >= 4 is 5.70 Å². The monoisotopic (exact) mass is 125 g/mol. The molecule has 0 spiro atoms. The first kappa shape index (κ1) is 5.81. The van der Waals surface area contributed by atoms with Gasteiger partial charge in [-0.2, -0.15) is 0 Å². The Balaban J connectivity index is 3.08. The van der Waals surface area contributed by atoms with Crippen molar-refractivity contribution in [1.82, 2.24) is 10.3 Å². The number of hydrogen-bond acceptors (Lipinski definition) is 4. The number of hydrogen-bond donors (Lipinski definition) is 1. The van der Waals surface area contributed by atoms with E-state index in [-0.39, 0.29) is 0 Å². The molecule has 4 heteroatoms. The summed E-state index contributed by atoms with van der Waals surface area (Å²) in [6.45, 7) is 5.23. The van der Waals surface area contributed by atoms with Gasteiger partial charge in [-0.15, -0.1) is 0 Å². The number of rotatable bonds is 1. The summed E-state index contributed by atoms with van der Waals surface area (Å²) >= 11 is 0. The smallest absolute Gasteiger partial charge is 0.152 e. The first-order chi connectivity index (χ1) is 4.22. The van der Waals surface area contributed by atoms with Crippen molar-refractivity contribution in [1.29, 1.82) is 0 Å². The molecule has 0 aliphatic carbocycles. The molecule has 0 aromatic carbocycles. The van der Waals surface area contributed by atoms with Crippen molar-refractivity contribution in [3.63, 3.8) is 0 Å². The molecule has 9 heavy (non-hydrogen) atoms. The lowest BCUT2D eigenvalue weighted by Crippen LogP contribution is -1.95. The van der Waals surface area contributed by atoms with Gasteiger partial charge < -0.3 is 5.73 Å². The molecule has 0 unspecified atom stereocenters. The van der Waals surface area contributed by atoms with Gasteiger partial charge in [0, 0.05) is 0 Å². The zero-order valence-corrected chi connectivity index (χ0v) is 5.09. The minimum absolute atomic E-state index is 0.383. The topological polar surface area (TPSA) is 64.9 Å². The van der Waals surface area contributed by atoms with Crippen molar-refractivity contribution in [3.8, 4) is 0 Å². The summed E-state index contributed by atoms with van der Waals surface area (Å²) in [7, 11) is 0. The predicted octanol–water partition coefficient (Wildman–Crippen LogP) is 0.307. The number of aryl methyl sites for hydroxylation is 1. The Morgan fingerprint density at radius 1 is 1.67 bits per heavy atom. The first-order valence-corrected chi connectivity index (χ1v) is 2.45. The normalized spacial score (nSPS) is 9.44. The van der Waals surface area contributed by atoms with E-state index in [1.54, 1.807) is 6.92 Å². The maximum Gasteiger partial charge on any atom is 0.152 e. The standard InChI is InChI=1S/C5H7N3O/c1-3(6)5-4(2)7-9-8-5/h1,6H2,2H3. The van der Waals surface area contributed by atoms with Crippen LogP contribution in [-0.2, 0) is 0 Å². The van der Waals surface area contributed by atoms with Crippen LogP contribution in [0.1, 0.15) is 11.4 Å². The van der Waals surface area contributed by atoms with Gasteiger partial charge in [0.05, 0.1) is 5.70 Å². The van der Waals surface area contributed by atoms with Crippen molar-refractivity contribution in [2.24, 2.45) is 5.73 Å². The highest BCUT2D eigenvalue weighted by Crippen LogP contribution is 2.05. The molecule has 0 saturated heterocycles. The molecular weight excluding hydrogens is 118 g/mol. The molecule has 48 valence electrons. The summed E-state index contributed by atoms with van der Waals surface area (Å²) < 4.78 is 4.37. The van der Waals surface area contributed by atoms with E-state index in [0.29, 0.717) is 17.1 Å². The molecule has 4 nitrogen and oxygen atoms in total. The Kier molecular flexibility index (Phi) is 1.22. The fourth-order valence-corrected chi connectivity index (χ4v) is 0.523. The molecule has 0 fully saturated rings. The highest BCUT2D eigenvalue weighted by molar-refractivity contribution is 5.57. The molecule has 0 bridgehead atoms. The lowest BCUT2D eigenvalue weighted by molar-refractivity contribution is 0.303. The quantitative estimate of drug-likeness (QED) is 0.586. The van der Waals surface area contributed by atoms with E-state index in [2.05, 4.69) is 21.5 Å². The van der Waals surface area contributed by atoms with Crippen LogP contribution in [0.2, 0.25) is 0 Å². The van der Waals surface area contributed by atoms with Gasteiger partial charge in [-0.05, 0) is 12.1 Å². The summed E-state index contributed by atoms with van der Waals surface area (Å²) in [6, 6.07) is 0. The van der Waals surface area contributed by atoms with E-state index in [0.717, 1.165) is 0 Å². The lowest BCUT2D eigenvalue weighted by atomic mass is 10.3. The average Bonchev–Trinajstić information content (AvgIpc) is 2.13. The Hall–Kier alpha value is -1.32. The largest absolute Gasteiger partial charge is 0.397 e. The van der Waals surface area contributed by atoms with Crippen LogP contribution in [-0.4, -0.2) is 10.3 Å². The number of nitrogens with zero attached hydrogens (tertiary/aromatic N) is 2. The molecule has 1 rings (SSSR count). The van der Waals surface area contributed by atoms with Crippen LogP contribution < -0.4 is 5.73 Å². The van der Waals surface area contributed by atoms with E-state index in [1.807, 2.05) is 0 Å². The average molecular weight is 125 g/mol. The zero-order valence-electron chi connectivity index (χ0n) is 5.09. The Labute approximate surface area is 52.3 Å². The fraction of sp³-hybridized carbons (Fsp3) is 0.200. The second-order valence-corrected chi connectivity index (χ2v) is 1.72. The van der Waals surface area contributed by atoms with Crippen molar-refractivity contribution in [3.05, 3.63) is 18.0 Å². The molecule has 0 radical (unpaired) electrons. The van der Waals surface area contributed by atoms with Gasteiger partial charge in [0.2, 0.25) is 0 Å². The van der Waals surface area contributed by atoms with Crippen LogP contribution in [0, 0.1) is 6.92 Å². The number of aromatic nitrogens is 2. The molecule has 2 N–H and O–H groups in total. The first-order valence-electron chi connectivity index (χ1n) is 2.45. The summed E-state index contributed by atoms with van der Waals surface area (Å²) in [6.07, 6.45) is 0. The lowest BCUT2D eigenvalue weighted by Gasteiger charge is -1.87. The predicted molar refractivity (Wildman–Crippen MR) is 32.3 cm³/mol. The molecule has 1 aromatic heterocycles. The molecule has 0 aliphatic rings. The van der Waals surface area contributed by atoms with E-state index < -0.39 is 0 Å². The molecule has 0 amide bonds. The van der Waals surface area contributed by atoms with Gasteiger partial charge in [-0.3, -0.25) is 0 Å². The molecule has 0 aliphatic heterocycles. The molecule has 0 atom stereocenters. The van der Waals surface area contributed by atoms with Gasteiger partial charge in [-0.25, -0.2) is 4.63 Å². The minimum Gasteiger partial charge on any atom is -0.397 e. The molecule has 1 aromatic rings. The highest BCUT2D eigenvalue weighted by atomic mass is 16.6. The van der Waals surface area contributed by atoms with Gasteiger partial charge >= 0.3 is 0 Å². The van der Waals surface area contributed by atoms with Crippen LogP contribution in [0.5, 0.6) is 0 Å². The zero-order chi connectivity index (χ0) is 6.85. The maximum absolute atomic E-state index is 5.30. The van der Waals surface area contributed by atoms with Gasteiger partial charge in [0.25, 0.3) is 0 Å². The highest BCUT2D eigenvalue weighted by Gasteiger charge is 2.03. The third-order valence-corrected chi connectivity index (χ3v) is 0.957. The van der Waals surface area contributed by atoms with Crippen molar-refractivity contribution < 1.29 is 4.63 Å². The summed E-state index contributed by atoms with van der Waals surface area (Å²) in [4.78, 5) is 0. The van der Waals surface area contributed by atoms with E-state index in [9.17, 15) is 0 Å². The summed E-state index contributed by atoms with van der Waals surface area (Å²) in [5.41, 5.74) is 6.89. The fourth-order valence-electron chi connectivity index (χ4n) is 0.523. The van der Waals surface area contributed by atoms with E-state index >= 15 is 0 Å². The third-order valence-electron chi connectivity index (χ3n) is 0.957. The Bertz CT molecular complexity index is 228. The second-order valence-electron chi connectivity index (χ2n) is 1.72. The second kappa shape index (κ2) is 1.89.